The van der Waals surface area contributed by atoms with Gasteiger partial charge in [0, 0.05) is 42.3 Å². The highest BCUT2D eigenvalue weighted by atomic mass is 127. The van der Waals surface area contributed by atoms with Crippen LogP contribution >= 0.6 is 35.3 Å². The van der Waals surface area contributed by atoms with Crippen LogP contribution in [-0.2, 0) is 6.42 Å². The van der Waals surface area contributed by atoms with Crippen molar-refractivity contribution in [3.63, 3.8) is 0 Å². The zero-order chi connectivity index (χ0) is 18.1. The molecule has 0 amide bonds. The number of aryl methyl sites for hydroxylation is 1. The number of guanidine groups is 1. The van der Waals surface area contributed by atoms with E-state index in [4.69, 9.17) is 9.47 Å². The monoisotopic (exact) mass is 490 g/mol. The number of anilines is 1. The van der Waals surface area contributed by atoms with E-state index in [2.05, 4.69) is 27.5 Å². The number of hydrogen-bond acceptors (Lipinski definition) is 5. The Morgan fingerprint density at radius 2 is 2.08 bits per heavy atom. The highest BCUT2D eigenvalue weighted by molar-refractivity contribution is 14.0. The summed E-state index contributed by atoms with van der Waals surface area (Å²) in [7, 11) is 1.64. The Hall–Kier alpha value is -1.55. The van der Waals surface area contributed by atoms with Gasteiger partial charge in [-0.25, -0.2) is 4.98 Å². The Balaban J connectivity index is 0.00000338. The third-order valence-corrected chi connectivity index (χ3v) is 4.31. The molecule has 8 heteroatoms. The minimum absolute atomic E-state index is 0. The quantitative estimate of drug-likeness (QED) is 0.332. The summed E-state index contributed by atoms with van der Waals surface area (Å²) in [6.45, 7) is 8.11. The van der Waals surface area contributed by atoms with Crippen LogP contribution in [0.15, 0.2) is 29.4 Å². The lowest BCUT2D eigenvalue weighted by Gasteiger charge is -2.14. The molecule has 1 aromatic carbocycles. The number of nitrogens with zero attached hydrogens (tertiary/aromatic N) is 2. The molecular weight excluding hydrogens is 463 g/mol. The van der Waals surface area contributed by atoms with Gasteiger partial charge in [-0.1, -0.05) is 0 Å². The zero-order valence-corrected chi connectivity index (χ0v) is 18.8. The molecule has 0 radical (unpaired) electrons. The maximum absolute atomic E-state index is 5.62. The summed E-state index contributed by atoms with van der Waals surface area (Å²) in [6, 6.07) is 5.74. The Labute approximate surface area is 176 Å². The van der Waals surface area contributed by atoms with Crippen LogP contribution in [0.3, 0.4) is 0 Å². The van der Waals surface area contributed by atoms with Crippen LogP contribution < -0.4 is 20.1 Å². The van der Waals surface area contributed by atoms with Crippen LogP contribution in [0.5, 0.6) is 11.5 Å². The smallest absolute Gasteiger partial charge is 0.195 e. The fourth-order valence-corrected chi connectivity index (χ4v) is 3.02. The number of halogens is 1. The largest absolute Gasteiger partial charge is 0.493 e. The molecule has 0 saturated carbocycles. The van der Waals surface area contributed by atoms with Crippen LogP contribution in [0.1, 0.15) is 23.7 Å². The van der Waals surface area contributed by atoms with Crippen molar-refractivity contribution >= 4 is 47.0 Å². The number of aliphatic imine (C=N–C) groups is 1. The fourth-order valence-electron chi connectivity index (χ4n) is 2.25. The lowest BCUT2D eigenvalue weighted by Crippen LogP contribution is -2.30. The molecule has 0 aliphatic heterocycles. The summed E-state index contributed by atoms with van der Waals surface area (Å²) in [4.78, 5) is 10.2. The molecule has 2 rings (SSSR count). The maximum Gasteiger partial charge on any atom is 0.195 e. The van der Waals surface area contributed by atoms with Gasteiger partial charge >= 0.3 is 0 Å². The second-order valence-electron chi connectivity index (χ2n) is 5.30. The van der Waals surface area contributed by atoms with Gasteiger partial charge in [-0.15, -0.1) is 35.3 Å². The van der Waals surface area contributed by atoms with Crippen molar-refractivity contribution < 1.29 is 9.47 Å². The molecule has 0 aliphatic carbocycles. The van der Waals surface area contributed by atoms with E-state index < -0.39 is 0 Å². The van der Waals surface area contributed by atoms with Crippen LogP contribution in [0.25, 0.3) is 0 Å². The molecule has 0 fully saturated rings. The maximum atomic E-state index is 5.62. The molecule has 0 unspecified atom stereocenters. The molecule has 0 bridgehead atoms. The molecule has 26 heavy (non-hydrogen) atoms. The molecule has 0 aliphatic rings. The SMILES string of the molecule is CCNC(=NCCc1ncc(C)s1)Nc1ccc(OC)c(OCC)c1.I. The van der Waals surface area contributed by atoms with E-state index in [1.807, 2.05) is 38.2 Å². The van der Waals surface area contributed by atoms with Crippen molar-refractivity contribution in [1.29, 1.82) is 0 Å². The van der Waals surface area contributed by atoms with E-state index in [1.54, 1.807) is 18.4 Å². The summed E-state index contributed by atoms with van der Waals surface area (Å²) in [5.74, 6) is 2.17. The van der Waals surface area contributed by atoms with Gasteiger partial charge in [0.1, 0.15) is 0 Å². The lowest BCUT2D eigenvalue weighted by atomic mass is 10.2. The van der Waals surface area contributed by atoms with Gasteiger partial charge in [-0.05, 0) is 32.9 Å². The first-order chi connectivity index (χ1) is 12.2. The third-order valence-electron chi connectivity index (χ3n) is 3.34. The zero-order valence-electron chi connectivity index (χ0n) is 15.7. The van der Waals surface area contributed by atoms with E-state index in [0.29, 0.717) is 24.7 Å². The molecule has 144 valence electrons. The minimum atomic E-state index is 0. The Morgan fingerprint density at radius 1 is 1.27 bits per heavy atom. The van der Waals surface area contributed by atoms with Crippen molar-refractivity contribution in [2.75, 3.05) is 32.1 Å². The first-order valence-corrected chi connectivity index (χ1v) is 9.25. The number of nitrogens with one attached hydrogen (secondary N) is 2. The van der Waals surface area contributed by atoms with Crippen molar-refractivity contribution in [1.82, 2.24) is 10.3 Å². The van der Waals surface area contributed by atoms with E-state index in [0.717, 1.165) is 29.6 Å². The van der Waals surface area contributed by atoms with Gasteiger partial charge in [-0.2, -0.15) is 0 Å². The first-order valence-electron chi connectivity index (χ1n) is 8.43. The van der Waals surface area contributed by atoms with E-state index >= 15 is 0 Å². The average Bonchev–Trinajstić information content (AvgIpc) is 3.01. The molecular formula is C18H27IN4O2S. The minimum Gasteiger partial charge on any atom is -0.493 e. The number of methoxy groups -OCH3 is 1. The topological polar surface area (TPSA) is 67.8 Å². The number of aromatic nitrogens is 1. The second kappa shape index (κ2) is 11.9. The Kier molecular flexibility index (Phi) is 10.3. The van der Waals surface area contributed by atoms with Crippen LogP contribution in [0.4, 0.5) is 5.69 Å². The fraction of sp³-hybridized carbons (Fsp3) is 0.444. The Bertz CT molecular complexity index is 706. The summed E-state index contributed by atoms with van der Waals surface area (Å²) >= 11 is 1.72. The summed E-state index contributed by atoms with van der Waals surface area (Å²) in [5, 5.41) is 7.67. The van der Waals surface area contributed by atoms with Crippen molar-refractivity contribution in [3.05, 3.63) is 34.3 Å². The predicted molar refractivity (Wildman–Crippen MR) is 120 cm³/mol. The predicted octanol–water partition coefficient (Wildman–Crippen LogP) is 4.10. The summed E-state index contributed by atoms with van der Waals surface area (Å²) in [6.07, 6.45) is 2.74. The van der Waals surface area contributed by atoms with Crippen molar-refractivity contribution in [2.45, 2.75) is 27.2 Å². The third kappa shape index (κ3) is 6.99. The molecule has 0 atom stereocenters. The summed E-state index contributed by atoms with van der Waals surface area (Å²) in [5.41, 5.74) is 0.897. The van der Waals surface area contributed by atoms with E-state index in [9.17, 15) is 0 Å². The van der Waals surface area contributed by atoms with E-state index in [1.165, 1.54) is 4.88 Å². The average molecular weight is 490 g/mol. The van der Waals surface area contributed by atoms with Crippen LogP contribution in [0.2, 0.25) is 0 Å². The lowest BCUT2D eigenvalue weighted by molar-refractivity contribution is 0.311. The molecule has 1 aromatic heterocycles. The van der Waals surface area contributed by atoms with Crippen LogP contribution in [0, 0.1) is 6.92 Å². The molecule has 2 aromatic rings. The molecule has 6 nitrogen and oxygen atoms in total. The number of benzene rings is 1. The summed E-state index contributed by atoms with van der Waals surface area (Å²) < 4.78 is 10.9. The number of thiazole rings is 1. The van der Waals surface area contributed by atoms with Gasteiger partial charge in [0.15, 0.2) is 17.5 Å². The van der Waals surface area contributed by atoms with Gasteiger partial charge < -0.3 is 20.1 Å². The van der Waals surface area contributed by atoms with Gasteiger partial charge in [0.05, 0.1) is 18.7 Å². The molecule has 2 N–H and O–H groups in total. The normalized spacial score (nSPS) is 10.8. The highest BCUT2D eigenvalue weighted by Crippen LogP contribution is 2.30. The Morgan fingerprint density at radius 3 is 2.69 bits per heavy atom. The molecule has 0 saturated heterocycles. The van der Waals surface area contributed by atoms with Crippen molar-refractivity contribution in [3.8, 4) is 11.5 Å². The van der Waals surface area contributed by atoms with Gasteiger partial charge in [-0.3, -0.25) is 4.99 Å². The van der Waals surface area contributed by atoms with Gasteiger partial charge in [0.25, 0.3) is 0 Å². The first kappa shape index (κ1) is 22.5. The van der Waals surface area contributed by atoms with Crippen LogP contribution in [-0.4, -0.2) is 37.7 Å². The highest BCUT2D eigenvalue weighted by Gasteiger charge is 2.07. The number of rotatable bonds is 8. The number of ether oxygens (including phenoxy) is 2. The molecule has 0 spiro atoms. The van der Waals surface area contributed by atoms with Gasteiger partial charge in [0.2, 0.25) is 0 Å². The number of hydrogen-bond donors (Lipinski definition) is 2. The second-order valence-corrected chi connectivity index (χ2v) is 6.62. The van der Waals surface area contributed by atoms with Crippen molar-refractivity contribution in [2.24, 2.45) is 4.99 Å². The standard InChI is InChI=1S/C18H26N4O2S.HI/c1-5-19-18(20-10-9-17-21-12-13(3)25-17)22-14-7-8-15(23-4)16(11-14)24-6-2;/h7-8,11-12H,5-6,9-10H2,1-4H3,(H2,19,20,22);1H. The van der Waals surface area contributed by atoms with E-state index in [-0.39, 0.29) is 24.0 Å². The molecule has 1 heterocycles.